The van der Waals surface area contributed by atoms with Crippen LogP contribution in [0, 0.1) is 0 Å². The Morgan fingerprint density at radius 1 is 1.10 bits per heavy atom. The zero-order valence-electron chi connectivity index (χ0n) is 11.6. The van der Waals surface area contributed by atoms with Gasteiger partial charge >= 0.3 is 0 Å². The molecule has 0 bridgehead atoms. The summed E-state index contributed by atoms with van der Waals surface area (Å²) < 4.78 is 5.57. The van der Waals surface area contributed by atoms with Gasteiger partial charge in [-0.2, -0.15) is 0 Å². The third-order valence-corrected chi connectivity index (χ3v) is 3.66. The molecule has 1 heterocycles. The fourth-order valence-corrected chi connectivity index (χ4v) is 2.63. The van der Waals surface area contributed by atoms with Crippen LogP contribution < -0.4 is 0 Å². The van der Waals surface area contributed by atoms with Gasteiger partial charge in [-0.25, -0.2) is 4.99 Å². The van der Waals surface area contributed by atoms with Crippen LogP contribution in [-0.2, 0) is 11.2 Å². The van der Waals surface area contributed by atoms with Gasteiger partial charge in [-0.15, -0.1) is 0 Å². The standard InChI is InChI=1S/C18H16ClNO/c19-16-11-5-10-15(17(16)18-20-12-13-21-18)9-4-8-14-6-2-1-3-7-14/h1-8,10-11H,9,12-13H2/b8-4+. The molecule has 1 aliphatic heterocycles. The molecule has 0 radical (unpaired) electrons. The van der Waals surface area contributed by atoms with Crippen LogP contribution in [0.25, 0.3) is 6.08 Å². The Balaban J connectivity index is 1.82. The van der Waals surface area contributed by atoms with Crippen molar-refractivity contribution in [1.82, 2.24) is 0 Å². The number of allylic oxidation sites excluding steroid dienone is 1. The fourth-order valence-electron chi connectivity index (χ4n) is 2.35. The van der Waals surface area contributed by atoms with E-state index in [2.05, 4.69) is 35.3 Å². The maximum absolute atomic E-state index is 6.32. The van der Waals surface area contributed by atoms with E-state index >= 15 is 0 Å². The third-order valence-electron chi connectivity index (χ3n) is 3.35. The van der Waals surface area contributed by atoms with Gasteiger partial charge < -0.3 is 4.74 Å². The van der Waals surface area contributed by atoms with E-state index in [1.54, 1.807) is 0 Å². The molecule has 0 unspecified atom stereocenters. The molecule has 3 heteroatoms. The second-order valence-corrected chi connectivity index (χ2v) is 5.23. The molecule has 2 aromatic carbocycles. The zero-order chi connectivity index (χ0) is 14.5. The molecule has 0 fully saturated rings. The highest BCUT2D eigenvalue weighted by Crippen LogP contribution is 2.24. The molecule has 0 N–H and O–H groups in total. The molecule has 1 aliphatic rings. The minimum atomic E-state index is 0.639. The van der Waals surface area contributed by atoms with Crippen molar-refractivity contribution >= 4 is 23.6 Å². The highest BCUT2D eigenvalue weighted by Gasteiger charge is 2.17. The minimum absolute atomic E-state index is 0.639. The highest BCUT2D eigenvalue weighted by molar-refractivity contribution is 6.34. The lowest BCUT2D eigenvalue weighted by Gasteiger charge is -2.09. The number of hydrogen-bond donors (Lipinski definition) is 0. The number of aliphatic imine (C=N–C) groups is 1. The van der Waals surface area contributed by atoms with Gasteiger partial charge in [0.1, 0.15) is 6.61 Å². The Kier molecular flexibility index (Phi) is 4.37. The van der Waals surface area contributed by atoms with Gasteiger partial charge in [0, 0.05) is 0 Å². The van der Waals surface area contributed by atoms with E-state index in [0.717, 1.165) is 17.5 Å². The van der Waals surface area contributed by atoms with Crippen molar-refractivity contribution in [2.45, 2.75) is 6.42 Å². The zero-order valence-corrected chi connectivity index (χ0v) is 12.4. The topological polar surface area (TPSA) is 21.6 Å². The monoisotopic (exact) mass is 297 g/mol. The molecule has 0 aliphatic carbocycles. The fraction of sp³-hybridized carbons (Fsp3) is 0.167. The first-order chi connectivity index (χ1) is 10.3. The predicted molar refractivity (Wildman–Crippen MR) is 88.0 cm³/mol. The molecule has 21 heavy (non-hydrogen) atoms. The average molecular weight is 298 g/mol. The smallest absolute Gasteiger partial charge is 0.218 e. The van der Waals surface area contributed by atoms with Crippen LogP contribution in [0.5, 0.6) is 0 Å². The number of rotatable bonds is 4. The highest BCUT2D eigenvalue weighted by atomic mass is 35.5. The number of benzene rings is 2. The summed E-state index contributed by atoms with van der Waals surface area (Å²) in [6.07, 6.45) is 5.05. The predicted octanol–water partition coefficient (Wildman–Crippen LogP) is 4.37. The molecule has 0 amide bonds. The van der Waals surface area contributed by atoms with Crippen LogP contribution in [0.15, 0.2) is 59.6 Å². The molecular weight excluding hydrogens is 282 g/mol. The van der Waals surface area contributed by atoms with Crippen molar-refractivity contribution < 1.29 is 4.74 Å². The molecule has 0 aromatic heterocycles. The van der Waals surface area contributed by atoms with Gasteiger partial charge in [0.05, 0.1) is 17.1 Å². The molecule has 0 saturated heterocycles. The van der Waals surface area contributed by atoms with Crippen molar-refractivity contribution in [1.29, 1.82) is 0 Å². The van der Waals surface area contributed by atoms with Crippen LogP contribution in [0.4, 0.5) is 0 Å². The van der Waals surface area contributed by atoms with Crippen molar-refractivity contribution in [3.05, 3.63) is 76.3 Å². The van der Waals surface area contributed by atoms with Crippen molar-refractivity contribution in [3.63, 3.8) is 0 Å². The van der Waals surface area contributed by atoms with E-state index in [0.29, 0.717) is 24.1 Å². The minimum Gasteiger partial charge on any atom is -0.475 e. The second kappa shape index (κ2) is 6.59. The van der Waals surface area contributed by atoms with E-state index in [1.165, 1.54) is 5.56 Å². The number of halogens is 1. The Morgan fingerprint density at radius 3 is 2.71 bits per heavy atom. The van der Waals surface area contributed by atoms with Crippen LogP contribution in [0.2, 0.25) is 5.02 Å². The van der Waals surface area contributed by atoms with E-state index in [-0.39, 0.29) is 0 Å². The lowest BCUT2D eigenvalue weighted by Crippen LogP contribution is -2.06. The van der Waals surface area contributed by atoms with Gasteiger partial charge in [0.15, 0.2) is 0 Å². The molecule has 2 aromatic rings. The summed E-state index contributed by atoms with van der Waals surface area (Å²) in [6, 6.07) is 16.2. The average Bonchev–Trinajstić information content (AvgIpc) is 3.02. The summed E-state index contributed by atoms with van der Waals surface area (Å²) in [5.41, 5.74) is 3.25. The molecular formula is C18H16ClNO. The van der Waals surface area contributed by atoms with Gasteiger partial charge in [0.2, 0.25) is 5.90 Å². The maximum atomic E-state index is 6.32. The first-order valence-corrected chi connectivity index (χ1v) is 7.39. The number of hydrogen-bond acceptors (Lipinski definition) is 2. The normalized spacial score (nSPS) is 14.2. The molecule has 0 atom stereocenters. The first kappa shape index (κ1) is 13.9. The van der Waals surface area contributed by atoms with Crippen LogP contribution >= 0.6 is 11.6 Å². The van der Waals surface area contributed by atoms with Gasteiger partial charge in [0.25, 0.3) is 0 Å². The van der Waals surface area contributed by atoms with Gasteiger partial charge in [-0.3, -0.25) is 0 Å². The summed E-state index contributed by atoms with van der Waals surface area (Å²) in [7, 11) is 0. The Morgan fingerprint density at radius 2 is 1.95 bits per heavy atom. The third kappa shape index (κ3) is 3.34. The van der Waals surface area contributed by atoms with Crippen molar-refractivity contribution in [3.8, 4) is 0 Å². The van der Waals surface area contributed by atoms with Crippen LogP contribution in [0.3, 0.4) is 0 Å². The van der Waals surface area contributed by atoms with E-state index < -0.39 is 0 Å². The Labute approximate surface area is 129 Å². The summed E-state index contributed by atoms with van der Waals surface area (Å²) in [6.45, 7) is 1.35. The number of ether oxygens (including phenoxy) is 1. The first-order valence-electron chi connectivity index (χ1n) is 7.01. The SMILES string of the molecule is Clc1cccc(C/C=C/c2ccccc2)c1C1=NCCO1. The quantitative estimate of drug-likeness (QED) is 0.821. The number of nitrogens with zero attached hydrogens (tertiary/aromatic N) is 1. The van der Waals surface area contributed by atoms with Crippen molar-refractivity contribution in [2.75, 3.05) is 13.2 Å². The van der Waals surface area contributed by atoms with E-state index in [4.69, 9.17) is 16.3 Å². The Bertz CT molecular complexity index is 677. The largest absolute Gasteiger partial charge is 0.475 e. The van der Waals surface area contributed by atoms with Gasteiger partial charge in [-0.1, -0.05) is 66.2 Å². The second-order valence-electron chi connectivity index (χ2n) is 4.83. The molecule has 0 saturated carbocycles. The lowest BCUT2D eigenvalue weighted by atomic mass is 10.0. The van der Waals surface area contributed by atoms with Crippen molar-refractivity contribution in [2.24, 2.45) is 4.99 Å². The lowest BCUT2D eigenvalue weighted by molar-refractivity contribution is 0.348. The Hall–Kier alpha value is -2.06. The summed E-state index contributed by atoms with van der Waals surface area (Å²) in [5, 5.41) is 0.696. The summed E-state index contributed by atoms with van der Waals surface area (Å²) in [5.74, 6) is 0.670. The summed E-state index contributed by atoms with van der Waals surface area (Å²) in [4.78, 5) is 4.38. The molecule has 3 rings (SSSR count). The maximum Gasteiger partial charge on any atom is 0.218 e. The van der Waals surface area contributed by atoms with Gasteiger partial charge in [-0.05, 0) is 23.6 Å². The van der Waals surface area contributed by atoms with E-state index in [9.17, 15) is 0 Å². The van der Waals surface area contributed by atoms with E-state index in [1.807, 2.05) is 30.3 Å². The molecule has 0 spiro atoms. The molecule has 2 nitrogen and oxygen atoms in total. The molecule has 106 valence electrons. The van der Waals surface area contributed by atoms with Crippen LogP contribution in [0.1, 0.15) is 16.7 Å². The summed E-state index contributed by atoms with van der Waals surface area (Å²) >= 11 is 6.32. The van der Waals surface area contributed by atoms with Crippen LogP contribution in [-0.4, -0.2) is 19.0 Å².